The van der Waals surface area contributed by atoms with Crippen molar-refractivity contribution in [3.05, 3.63) is 64.5 Å². The van der Waals surface area contributed by atoms with Crippen LogP contribution in [0.2, 0.25) is 5.02 Å². The largest absolute Gasteiger partial charge is 0.416 e. The van der Waals surface area contributed by atoms with E-state index in [1.165, 1.54) is 23.0 Å². The number of nitrogens with one attached hydrogen (secondary N) is 1. The van der Waals surface area contributed by atoms with Gasteiger partial charge in [0.2, 0.25) is 0 Å². The minimum atomic E-state index is -4.45. The van der Waals surface area contributed by atoms with Crippen molar-refractivity contribution in [3.8, 4) is 0 Å². The van der Waals surface area contributed by atoms with E-state index in [9.17, 15) is 18.0 Å². The number of nitrogens with zero attached hydrogens (tertiary/aromatic N) is 4. The zero-order valence-electron chi connectivity index (χ0n) is 13.0. The molecule has 1 aromatic carbocycles. The third kappa shape index (κ3) is 4.39. The average Bonchev–Trinajstić information content (AvgIpc) is 3.22. The summed E-state index contributed by atoms with van der Waals surface area (Å²) in [6.45, 7) is 0.0341. The molecule has 1 amide bonds. The first-order valence-corrected chi connectivity index (χ1v) is 7.64. The number of hydrogen-bond acceptors (Lipinski definition) is 5. The Morgan fingerprint density at radius 2 is 2.15 bits per heavy atom. The van der Waals surface area contributed by atoms with E-state index in [1.54, 1.807) is 6.20 Å². The van der Waals surface area contributed by atoms with Crippen LogP contribution in [0.1, 0.15) is 27.6 Å². The van der Waals surface area contributed by atoms with E-state index in [2.05, 4.69) is 20.6 Å². The molecule has 0 spiro atoms. The smallest absolute Gasteiger partial charge is 0.344 e. The van der Waals surface area contributed by atoms with Crippen LogP contribution in [-0.4, -0.2) is 25.8 Å². The third-order valence-electron chi connectivity index (χ3n) is 3.27. The SMILES string of the molecule is O=C(NCc1cccc(C(F)(F)F)c1)c1nc(Cn2cc(Cl)cn2)no1. The van der Waals surface area contributed by atoms with Gasteiger partial charge in [-0.15, -0.1) is 0 Å². The van der Waals surface area contributed by atoms with Crippen molar-refractivity contribution in [2.45, 2.75) is 19.3 Å². The lowest BCUT2D eigenvalue weighted by molar-refractivity contribution is -0.137. The van der Waals surface area contributed by atoms with Crippen LogP contribution >= 0.6 is 11.6 Å². The standard InChI is InChI=1S/C15H11ClF3N5O2/c16-11-6-21-24(7-11)8-12-22-14(26-23-12)13(25)20-5-9-2-1-3-10(4-9)15(17,18)19/h1-4,6-7H,5,8H2,(H,20,25). The highest BCUT2D eigenvalue weighted by atomic mass is 35.5. The number of benzene rings is 1. The Labute approximate surface area is 149 Å². The lowest BCUT2D eigenvalue weighted by atomic mass is 10.1. The van der Waals surface area contributed by atoms with Crippen molar-refractivity contribution < 1.29 is 22.5 Å². The summed E-state index contributed by atoms with van der Waals surface area (Å²) in [5.74, 6) is -0.793. The number of amides is 1. The summed E-state index contributed by atoms with van der Waals surface area (Å²) in [4.78, 5) is 15.9. The number of halogens is 4. The van der Waals surface area contributed by atoms with E-state index in [4.69, 9.17) is 16.1 Å². The summed E-state index contributed by atoms with van der Waals surface area (Å²) in [6.07, 6.45) is -1.47. The summed E-state index contributed by atoms with van der Waals surface area (Å²) < 4.78 is 44.3. The first-order chi connectivity index (χ1) is 12.3. The monoisotopic (exact) mass is 385 g/mol. The van der Waals surface area contributed by atoms with Crippen molar-refractivity contribution in [1.82, 2.24) is 25.2 Å². The number of hydrogen-bond donors (Lipinski definition) is 1. The fourth-order valence-electron chi connectivity index (χ4n) is 2.10. The molecule has 1 N–H and O–H groups in total. The molecule has 0 saturated carbocycles. The predicted octanol–water partition coefficient (Wildman–Crippen LogP) is 2.92. The molecule has 0 aliphatic rings. The zero-order valence-corrected chi connectivity index (χ0v) is 13.8. The molecule has 0 bridgehead atoms. The first-order valence-electron chi connectivity index (χ1n) is 7.26. The summed E-state index contributed by atoms with van der Waals surface area (Å²) >= 11 is 5.74. The number of rotatable bonds is 5. The van der Waals surface area contributed by atoms with Crippen LogP contribution in [0.5, 0.6) is 0 Å². The molecule has 2 aromatic heterocycles. The number of alkyl halides is 3. The molecule has 0 aliphatic heterocycles. The Morgan fingerprint density at radius 1 is 1.35 bits per heavy atom. The molecule has 7 nitrogen and oxygen atoms in total. The van der Waals surface area contributed by atoms with Crippen LogP contribution in [0.15, 0.2) is 41.2 Å². The summed E-state index contributed by atoms with van der Waals surface area (Å²) in [5.41, 5.74) is -0.499. The highest BCUT2D eigenvalue weighted by molar-refractivity contribution is 6.30. The average molecular weight is 386 g/mol. The second-order valence-corrected chi connectivity index (χ2v) is 5.69. The molecule has 26 heavy (non-hydrogen) atoms. The van der Waals surface area contributed by atoms with Crippen LogP contribution in [0.25, 0.3) is 0 Å². The molecule has 0 fully saturated rings. The maximum absolute atomic E-state index is 12.7. The van der Waals surface area contributed by atoms with Crippen LogP contribution < -0.4 is 5.32 Å². The molecule has 0 unspecified atom stereocenters. The summed E-state index contributed by atoms with van der Waals surface area (Å²) in [7, 11) is 0. The molecule has 3 aromatic rings. The van der Waals surface area contributed by atoms with Crippen LogP contribution in [0, 0.1) is 0 Å². The second kappa shape index (κ2) is 7.16. The van der Waals surface area contributed by atoms with Gasteiger partial charge in [0.1, 0.15) is 6.54 Å². The van der Waals surface area contributed by atoms with Gasteiger partial charge in [-0.3, -0.25) is 9.48 Å². The lowest BCUT2D eigenvalue weighted by Gasteiger charge is -2.08. The Morgan fingerprint density at radius 3 is 2.85 bits per heavy atom. The fraction of sp³-hybridized carbons (Fsp3) is 0.200. The topological polar surface area (TPSA) is 85.8 Å². The van der Waals surface area contributed by atoms with Crippen molar-refractivity contribution in [3.63, 3.8) is 0 Å². The molecule has 2 heterocycles. The Kier molecular flexibility index (Phi) is 4.94. The Hall–Kier alpha value is -2.88. The van der Waals surface area contributed by atoms with Gasteiger partial charge >= 0.3 is 18.0 Å². The van der Waals surface area contributed by atoms with Gasteiger partial charge in [-0.05, 0) is 17.7 Å². The third-order valence-corrected chi connectivity index (χ3v) is 3.47. The Bertz CT molecular complexity index is 922. The minimum Gasteiger partial charge on any atom is -0.344 e. The molecule has 0 atom stereocenters. The number of aromatic nitrogens is 4. The number of carbonyl (C=O) groups excluding carboxylic acids is 1. The van der Waals surface area contributed by atoms with Crippen LogP contribution in [0.3, 0.4) is 0 Å². The quantitative estimate of drug-likeness (QED) is 0.729. The summed E-state index contributed by atoms with van der Waals surface area (Å²) in [5, 5.41) is 10.5. The van der Waals surface area contributed by atoms with E-state index in [0.29, 0.717) is 10.6 Å². The van der Waals surface area contributed by atoms with Gasteiger partial charge in [-0.2, -0.15) is 23.3 Å². The maximum Gasteiger partial charge on any atom is 0.416 e. The molecule has 3 rings (SSSR count). The van der Waals surface area contributed by atoms with Crippen LogP contribution in [-0.2, 0) is 19.3 Å². The van der Waals surface area contributed by atoms with E-state index in [1.807, 2.05) is 0 Å². The van der Waals surface area contributed by atoms with E-state index in [0.717, 1.165) is 12.1 Å². The molecule has 136 valence electrons. The highest BCUT2D eigenvalue weighted by Crippen LogP contribution is 2.29. The molecular formula is C15H11ClF3N5O2. The molecule has 0 radical (unpaired) electrons. The van der Waals surface area contributed by atoms with Crippen molar-refractivity contribution in [1.29, 1.82) is 0 Å². The molecule has 0 aliphatic carbocycles. The molecular weight excluding hydrogens is 375 g/mol. The minimum absolute atomic E-state index is 0.116. The fourth-order valence-corrected chi connectivity index (χ4v) is 2.25. The first kappa shape index (κ1) is 17.9. The number of carbonyl (C=O) groups is 1. The van der Waals surface area contributed by atoms with Gasteiger partial charge in [-0.1, -0.05) is 28.9 Å². The molecule has 11 heteroatoms. The second-order valence-electron chi connectivity index (χ2n) is 5.25. The maximum atomic E-state index is 12.7. The van der Waals surface area contributed by atoms with Crippen molar-refractivity contribution in [2.24, 2.45) is 0 Å². The predicted molar refractivity (Wildman–Crippen MR) is 83.3 cm³/mol. The molecule has 0 saturated heterocycles. The lowest BCUT2D eigenvalue weighted by Crippen LogP contribution is -2.23. The van der Waals surface area contributed by atoms with Gasteiger partial charge in [0.25, 0.3) is 0 Å². The van der Waals surface area contributed by atoms with Gasteiger partial charge < -0.3 is 9.84 Å². The normalized spacial score (nSPS) is 11.5. The van der Waals surface area contributed by atoms with Crippen molar-refractivity contribution in [2.75, 3.05) is 0 Å². The summed E-state index contributed by atoms with van der Waals surface area (Å²) in [6, 6.07) is 4.65. The van der Waals surface area contributed by atoms with Crippen molar-refractivity contribution >= 4 is 17.5 Å². The van der Waals surface area contributed by atoms with Gasteiger partial charge in [-0.25, -0.2) is 0 Å². The Balaban J connectivity index is 1.60. The van der Waals surface area contributed by atoms with E-state index >= 15 is 0 Å². The zero-order chi connectivity index (χ0) is 18.7. The van der Waals surface area contributed by atoms with E-state index in [-0.39, 0.29) is 24.8 Å². The van der Waals surface area contributed by atoms with Gasteiger partial charge in [0, 0.05) is 12.7 Å². The highest BCUT2D eigenvalue weighted by Gasteiger charge is 2.30. The van der Waals surface area contributed by atoms with Gasteiger partial charge in [0.15, 0.2) is 5.82 Å². The van der Waals surface area contributed by atoms with Crippen LogP contribution in [0.4, 0.5) is 13.2 Å². The van der Waals surface area contributed by atoms with Gasteiger partial charge in [0.05, 0.1) is 16.8 Å². The van der Waals surface area contributed by atoms with E-state index < -0.39 is 17.6 Å².